The summed E-state index contributed by atoms with van der Waals surface area (Å²) in [5.41, 5.74) is 1.75. The van der Waals surface area contributed by atoms with Gasteiger partial charge in [-0.25, -0.2) is 0 Å². The molecule has 0 saturated heterocycles. The molecule has 4 heteroatoms. The molecule has 0 fully saturated rings. The van der Waals surface area contributed by atoms with Crippen LogP contribution in [0.4, 0.5) is 0 Å². The van der Waals surface area contributed by atoms with E-state index >= 15 is 0 Å². The van der Waals surface area contributed by atoms with Crippen LogP contribution < -0.4 is 10.1 Å². The number of carboxylic acids is 1. The Balaban J connectivity index is 2.08. The summed E-state index contributed by atoms with van der Waals surface area (Å²) in [6.07, 6.45) is 0. The van der Waals surface area contributed by atoms with Crippen LogP contribution in [0.2, 0.25) is 0 Å². The summed E-state index contributed by atoms with van der Waals surface area (Å²) in [6, 6.07) is 16.0. The standard InChI is InChI=1S/C16H17NO3/c1-20-14-9-7-13(8-10-14)15(16(18)19)17-11-12-5-3-2-4-6-12/h2-10,15,17H,11H2,1H3,(H,18,19). The van der Waals surface area contributed by atoms with Gasteiger partial charge in [-0.1, -0.05) is 42.5 Å². The molecule has 0 bridgehead atoms. The van der Waals surface area contributed by atoms with Gasteiger partial charge in [0, 0.05) is 6.54 Å². The zero-order chi connectivity index (χ0) is 14.4. The Hall–Kier alpha value is -2.33. The van der Waals surface area contributed by atoms with Crippen LogP contribution >= 0.6 is 0 Å². The van der Waals surface area contributed by atoms with Crippen molar-refractivity contribution in [3.05, 3.63) is 65.7 Å². The Bertz CT molecular complexity index is 552. The van der Waals surface area contributed by atoms with Gasteiger partial charge in [-0.05, 0) is 23.3 Å². The molecule has 0 aromatic heterocycles. The predicted molar refractivity (Wildman–Crippen MR) is 76.7 cm³/mol. The number of carboxylic acid groups (broad SMARTS) is 1. The van der Waals surface area contributed by atoms with Crippen LogP contribution in [0.3, 0.4) is 0 Å². The Morgan fingerprint density at radius 3 is 2.35 bits per heavy atom. The number of hydrogen-bond donors (Lipinski definition) is 2. The maximum atomic E-state index is 11.4. The second-order valence-corrected chi connectivity index (χ2v) is 4.41. The van der Waals surface area contributed by atoms with Gasteiger partial charge in [0.05, 0.1) is 7.11 Å². The fraction of sp³-hybridized carbons (Fsp3) is 0.188. The minimum atomic E-state index is -0.897. The van der Waals surface area contributed by atoms with E-state index in [1.54, 1.807) is 31.4 Å². The van der Waals surface area contributed by atoms with Crippen LogP contribution in [0.1, 0.15) is 17.2 Å². The highest BCUT2D eigenvalue weighted by atomic mass is 16.5. The Labute approximate surface area is 118 Å². The monoisotopic (exact) mass is 271 g/mol. The average molecular weight is 271 g/mol. The summed E-state index contributed by atoms with van der Waals surface area (Å²) in [4.78, 5) is 11.4. The zero-order valence-electron chi connectivity index (χ0n) is 11.2. The molecule has 0 spiro atoms. The van der Waals surface area contributed by atoms with E-state index in [1.165, 1.54) is 0 Å². The first kappa shape index (κ1) is 14.1. The van der Waals surface area contributed by atoms with Gasteiger partial charge in [-0.3, -0.25) is 10.1 Å². The van der Waals surface area contributed by atoms with E-state index in [0.29, 0.717) is 17.9 Å². The van der Waals surface area contributed by atoms with Gasteiger partial charge in [0.1, 0.15) is 11.8 Å². The van der Waals surface area contributed by atoms with Crippen molar-refractivity contribution in [1.82, 2.24) is 5.32 Å². The molecule has 2 aromatic rings. The number of aliphatic carboxylic acids is 1. The molecule has 20 heavy (non-hydrogen) atoms. The van der Waals surface area contributed by atoms with E-state index < -0.39 is 12.0 Å². The first-order chi connectivity index (χ1) is 9.70. The van der Waals surface area contributed by atoms with Crippen molar-refractivity contribution in [3.8, 4) is 5.75 Å². The topological polar surface area (TPSA) is 58.6 Å². The second kappa shape index (κ2) is 6.73. The fourth-order valence-corrected chi connectivity index (χ4v) is 1.96. The molecule has 0 aliphatic rings. The smallest absolute Gasteiger partial charge is 0.325 e. The molecule has 2 aromatic carbocycles. The number of hydrogen-bond acceptors (Lipinski definition) is 3. The van der Waals surface area contributed by atoms with Crippen LogP contribution in [-0.4, -0.2) is 18.2 Å². The molecule has 0 amide bonds. The van der Waals surface area contributed by atoms with Crippen LogP contribution in [0.5, 0.6) is 5.75 Å². The van der Waals surface area contributed by atoms with Gasteiger partial charge in [0.25, 0.3) is 0 Å². The van der Waals surface area contributed by atoms with Crippen molar-refractivity contribution >= 4 is 5.97 Å². The summed E-state index contributed by atoms with van der Waals surface area (Å²) in [5, 5.41) is 12.4. The molecular formula is C16H17NO3. The zero-order valence-corrected chi connectivity index (χ0v) is 11.2. The maximum absolute atomic E-state index is 11.4. The van der Waals surface area contributed by atoms with Gasteiger partial charge in [-0.15, -0.1) is 0 Å². The average Bonchev–Trinajstić information content (AvgIpc) is 2.49. The highest BCUT2D eigenvalue weighted by Gasteiger charge is 2.18. The van der Waals surface area contributed by atoms with Gasteiger partial charge < -0.3 is 9.84 Å². The minimum absolute atomic E-state index is 0.504. The van der Waals surface area contributed by atoms with E-state index in [1.807, 2.05) is 30.3 Å². The quantitative estimate of drug-likeness (QED) is 0.848. The van der Waals surface area contributed by atoms with E-state index in [-0.39, 0.29) is 0 Å². The highest BCUT2D eigenvalue weighted by Crippen LogP contribution is 2.18. The third-order valence-corrected chi connectivity index (χ3v) is 3.05. The highest BCUT2D eigenvalue weighted by molar-refractivity contribution is 5.75. The van der Waals surface area contributed by atoms with E-state index in [2.05, 4.69) is 5.32 Å². The molecule has 0 saturated carbocycles. The Morgan fingerprint density at radius 1 is 1.15 bits per heavy atom. The van der Waals surface area contributed by atoms with Crippen molar-refractivity contribution in [1.29, 1.82) is 0 Å². The molecular weight excluding hydrogens is 254 g/mol. The summed E-state index contributed by atoms with van der Waals surface area (Å²) < 4.78 is 5.07. The molecule has 0 aliphatic heterocycles. The molecule has 104 valence electrons. The molecule has 2 N–H and O–H groups in total. The van der Waals surface area contributed by atoms with Crippen LogP contribution in [0.25, 0.3) is 0 Å². The van der Waals surface area contributed by atoms with E-state index in [0.717, 1.165) is 5.56 Å². The largest absolute Gasteiger partial charge is 0.497 e. The lowest BCUT2D eigenvalue weighted by Gasteiger charge is -2.15. The van der Waals surface area contributed by atoms with Gasteiger partial charge in [-0.2, -0.15) is 0 Å². The lowest BCUT2D eigenvalue weighted by atomic mass is 10.1. The first-order valence-corrected chi connectivity index (χ1v) is 6.35. The van der Waals surface area contributed by atoms with Crippen molar-refractivity contribution < 1.29 is 14.6 Å². The second-order valence-electron chi connectivity index (χ2n) is 4.41. The molecule has 2 rings (SSSR count). The lowest BCUT2D eigenvalue weighted by Crippen LogP contribution is -2.28. The molecule has 1 atom stereocenters. The summed E-state index contributed by atoms with van der Waals surface area (Å²) in [7, 11) is 1.58. The predicted octanol–water partition coefficient (Wildman–Crippen LogP) is 2.61. The molecule has 0 radical (unpaired) electrons. The maximum Gasteiger partial charge on any atom is 0.325 e. The van der Waals surface area contributed by atoms with Gasteiger partial charge in [0.2, 0.25) is 0 Å². The van der Waals surface area contributed by atoms with Crippen molar-refractivity contribution in [3.63, 3.8) is 0 Å². The Morgan fingerprint density at radius 2 is 1.80 bits per heavy atom. The normalized spacial score (nSPS) is 11.8. The Kier molecular flexibility index (Phi) is 4.74. The minimum Gasteiger partial charge on any atom is -0.497 e. The number of methoxy groups -OCH3 is 1. The number of carbonyl (C=O) groups is 1. The van der Waals surface area contributed by atoms with Crippen molar-refractivity contribution in [2.75, 3.05) is 7.11 Å². The third kappa shape index (κ3) is 3.59. The summed E-state index contributed by atoms with van der Waals surface area (Å²) in [6.45, 7) is 0.504. The van der Waals surface area contributed by atoms with Crippen LogP contribution in [0.15, 0.2) is 54.6 Å². The number of rotatable bonds is 6. The van der Waals surface area contributed by atoms with Crippen LogP contribution in [0, 0.1) is 0 Å². The van der Waals surface area contributed by atoms with Crippen molar-refractivity contribution in [2.45, 2.75) is 12.6 Å². The third-order valence-electron chi connectivity index (χ3n) is 3.05. The van der Waals surface area contributed by atoms with E-state index in [9.17, 15) is 9.90 Å². The SMILES string of the molecule is COc1ccc(C(NCc2ccccc2)C(=O)O)cc1. The first-order valence-electron chi connectivity index (χ1n) is 6.35. The number of nitrogens with one attached hydrogen (secondary N) is 1. The number of benzene rings is 2. The number of ether oxygens (including phenoxy) is 1. The molecule has 1 unspecified atom stereocenters. The lowest BCUT2D eigenvalue weighted by molar-refractivity contribution is -0.139. The van der Waals surface area contributed by atoms with Gasteiger partial charge >= 0.3 is 5.97 Å². The summed E-state index contributed by atoms with van der Waals surface area (Å²) in [5.74, 6) is -0.188. The molecule has 0 heterocycles. The fourth-order valence-electron chi connectivity index (χ4n) is 1.96. The van der Waals surface area contributed by atoms with Gasteiger partial charge in [0.15, 0.2) is 0 Å². The van der Waals surface area contributed by atoms with E-state index in [4.69, 9.17) is 4.74 Å². The van der Waals surface area contributed by atoms with Crippen LogP contribution in [-0.2, 0) is 11.3 Å². The molecule has 4 nitrogen and oxygen atoms in total. The molecule has 0 aliphatic carbocycles. The van der Waals surface area contributed by atoms with Crippen molar-refractivity contribution in [2.24, 2.45) is 0 Å². The summed E-state index contributed by atoms with van der Waals surface area (Å²) >= 11 is 0.